The topological polar surface area (TPSA) is 79.2 Å². The first-order valence-electron chi connectivity index (χ1n) is 9.88. The maximum absolute atomic E-state index is 12.1. The molecule has 144 valence electrons. The zero-order valence-electron chi connectivity index (χ0n) is 16.3. The number of nitrogens with one attached hydrogen (secondary N) is 1. The van der Waals surface area contributed by atoms with Crippen LogP contribution < -0.4 is 5.32 Å². The minimum Gasteiger partial charge on any atom is -0.461 e. The number of nitriles is 1. The standard InChI is InChI=1S/C21H29BN2O3/c1-16-11-12-19(22(16)15-23)13-17(2)24-20(25)9-6-10-21(26)27-14-18-7-4-3-5-8-18/h3-5,7-8,16-17,19H,6,9-14H2,1-2H3,(H,24,25). The number of carbonyl (C=O) groups excluding carboxylic acids is 2. The molecule has 1 saturated heterocycles. The van der Waals surface area contributed by atoms with Gasteiger partial charge in [0.05, 0.1) is 0 Å². The van der Waals surface area contributed by atoms with Gasteiger partial charge in [0.1, 0.15) is 6.61 Å². The number of amides is 1. The van der Waals surface area contributed by atoms with Crippen LogP contribution in [-0.2, 0) is 20.9 Å². The van der Waals surface area contributed by atoms with Gasteiger partial charge in [-0.2, -0.15) is 0 Å². The molecule has 1 N–H and O–H groups in total. The third kappa shape index (κ3) is 7.09. The van der Waals surface area contributed by atoms with E-state index in [1.165, 1.54) is 0 Å². The van der Waals surface area contributed by atoms with E-state index in [-0.39, 0.29) is 37.7 Å². The molecule has 1 fully saturated rings. The van der Waals surface area contributed by atoms with Crippen LogP contribution in [0.1, 0.15) is 57.9 Å². The van der Waals surface area contributed by atoms with Gasteiger partial charge < -0.3 is 10.1 Å². The van der Waals surface area contributed by atoms with Crippen molar-refractivity contribution >= 4 is 18.6 Å². The van der Waals surface area contributed by atoms with Gasteiger partial charge in [-0.1, -0.05) is 55.9 Å². The molecule has 5 nitrogen and oxygen atoms in total. The van der Waals surface area contributed by atoms with Gasteiger partial charge in [-0.25, -0.2) is 5.26 Å². The summed E-state index contributed by atoms with van der Waals surface area (Å²) in [6, 6.07) is 9.58. The van der Waals surface area contributed by atoms with Crippen molar-refractivity contribution in [1.29, 1.82) is 5.26 Å². The van der Waals surface area contributed by atoms with Crippen LogP contribution in [0, 0.1) is 11.2 Å². The van der Waals surface area contributed by atoms with E-state index in [0.29, 0.717) is 24.5 Å². The average Bonchev–Trinajstić information content (AvgIpc) is 3.00. The molecule has 1 amide bonds. The summed E-state index contributed by atoms with van der Waals surface area (Å²) in [6.45, 7) is 4.49. The fourth-order valence-electron chi connectivity index (χ4n) is 3.86. The Morgan fingerprint density at radius 3 is 2.74 bits per heavy atom. The Morgan fingerprint density at radius 2 is 2.04 bits per heavy atom. The molecule has 1 aromatic carbocycles. The molecule has 0 aromatic heterocycles. The lowest BCUT2D eigenvalue weighted by Gasteiger charge is -2.19. The summed E-state index contributed by atoms with van der Waals surface area (Å²) >= 11 is 0. The highest BCUT2D eigenvalue weighted by Crippen LogP contribution is 2.40. The Hall–Kier alpha value is -2.29. The van der Waals surface area contributed by atoms with E-state index in [2.05, 4.69) is 18.2 Å². The molecular weight excluding hydrogens is 339 g/mol. The molecule has 1 aromatic rings. The van der Waals surface area contributed by atoms with Gasteiger partial charge in [-0.05, 0) is 31.1 Å². The molecular formula is C21H29BN2O3. The second kappa shape index (κ2) is 10.8. The summed E-state index contributed by atoms with van der Waals surface area (Å²) in [5.41, 5.74) is 0.953. The molecule has 3 unspecified atom stereocenters. The molecule has 0 bridgehead atoms. The molecule has 1 aliphatic rings. The third-order valence-corrected chi connectivity index (χ3v) is 5.35. The number of carbonyl (C=O) groups is 2. The van der Waals surface area contributed by atoms with E-state index in [1.54, 1.807) is 0 Å². The zero-order valence-corrected chi connectivity index (χ0v) is 16.3. The SMILES string of the molecule is CC(CC1CCC(C)B1C#N)NC(=O)CCCC(=O)OCc1ccccc1. The number of ether oxygens (including phenoxy) is 1. The minimum atomic E-state index is -0.281. The predicted octanol–water partition coefficient (Wildman–Crippen LogP) is 3.91. The highest BCUT2D eigenvalue weighted by atomic mass is 16.5. The molecule has 0 radical (unpaired) electrons. The lowest BCUT2D eigenvalue weighted by Crippen LogP contribution is -2.34. The van der Waals surface area contributed by atoms with E-state index in [0.717, 1.165) is 24.8 Å². The summed E-state index contributed by atoms with van der Waals surface area (Å²) in [4.78, 5) is 23.8. The molecule has 0 aliphatic carbocycles. The number of hydrogen-bond donors (Lipinski definition) is 1. The van der Waals surface area contributed by atoms with Crippen molar-refractivity contribution in [3.63, 3.8) is 0 Å². The van der Waals surface area contributed by atoms with E-state index in [4.69, 9.17) is 4.74 Å². The van der Waals surface area contributed by atoms with Crippen molar-refractivity contribution < 1.29 is 14.3 Å². The molecule has 0 spiro atoms. The van der Waals surface area contributed by atoms with Crippen LogP contribution in [-0.4, -0.2) is 24.6 Å². The number of nitrogens with zero attached hydrogens (tertiary/aromatic N) is 1. The van der Waals surface area contributed by atoms with E-state index < -0.39 is 0 Å². The van der Waals surface area contributed by atoms with Gasteiger partial charge in [0, 0.05) is 24.9 Å². The third-order valence-electron chi connectivity index (χ3n) is 5.35. The van der Waals surface area contributed by atoms with Crippen molar-refractivity contribution in [3.8, 4) is 5.97 Å². The Morgan fingerprint density at radius 1 is 1.30 bits per heavy atom. The van der Waals surface area contributed by atoms with Gasteiger partial charge in [-0.15, -0.1) is 0 Å². The molecule has 27 heavy (non-hydrogen) atoms. The monoisotopic (exact) mass is 368 g/mol. The molecule has 2 rings (SSSR count). The number of benzene rings is 1. The maximum atomic E-state index is 12.1. The van der Waals surface area contributed by atoms with E-state index >= 15 is 0 Å². The van der Waals surface area contributed by atoms with Crippen LogP contribution in [0.4, 0.5) is 0 Å². The maximum Gasteiger partial charge on any atom is 0.306 e. The van der Waals surface area contributed by atoms with Crippen molar-refractivity contribution in [1.82, 2.24) is 5.32 Å². The lowest BCUT2D eigenvalue weighted by molar-refractivity contribution is -0.145. The van der Waals surface area contributed by atoms with Gasteiger partial charge in [0.25, 0.3) is 6.71 Å². The first-order chi connectivity index (χ1) is 13.0. The second-order valence-electron chi connectivity index (χ2n) is 7.67. The van der Waals surface area contributed by atoms with Crippen molar-refractivity contribution in [3.05, 3.63) is 35.9 Å². The van der Waals surface area contributed by atoms with Gasteiger partial charge >= 0.3 is 5.97 Å². The van der Waals surface area contributed by atoms with Crippen LogP contribution in [0.2, 0.25) is 11.6 Å². The van der Waals surface area contributed by atoms with E-state index in [9.17, 15) is 14.9 Å². The first-order valence-corrected chi connectivity index (χ1v) is 9.88. The minimum absolute atomic E-state index is 0.0436. The average molecular weight is 368 g/mol. The van der Waals surface area contributed by atoms with Crippen LogP contribution in [0.15, 0.2) is 30.3 Å². The lowest BCUT2D eigenvalue weighted by atomic mass is 9.38. The van der Waals surface area contributed by atoms with Crippen LogP contribution >= 0.6 is 0 Å². The summed E-state index contributed by atoms with van der Waals surface area (Å²) < 4.78 is 5.21. The summed E-state index contributed by atoms with van der Waals surface area (Å²) in [7, 11) is 0. The van der Waals surface area contributed by atoms with Gasteiger partial charge in [-0.3, -0.25) is 9.59 Å². The van der Waals surface area contributed by atoms with Gasteiger partial charge in [0.2, 0.25) is 5.91 Å². The van der Waals surface area contributed by atoms with Crippen molar-refractivity contribution in [2.75, 3.05) is 0 Å². The fraction of sp³-hybridized carbons (Fsp3) is 0.571. The Labute approximate surface area is 162 Å². The summed E-state index contributed by atoms with van der Waals surface area (Å²) in [5.74, 6) is 2.92. The summed E-state index contributed by atoms with van der Waals surface area (Å²) in [6.07, 6.45) is 4.03. The number of hydrogen-bond acceptors (Lipinski definition) is 4. The Balaban J connectivity index is 1.60. The van der Waals surface area contributed by atoms with Gasteiger partial charge in [0.15, 0.2) is 0 Å². The van der Waals surface area contributed by atoms with Crippen LogP contribution in [0.3, 0.4) is 0 Å². The fourth-order valence-corrected chi connectivity index (χ4v) is 3.86. The highest BCUT2D eigenvalue weighted by Gasteiger charge is 2.38. The van der Waals surface area contributed by atoms with Crippen LogP contribution in [0.5, 0.6) is 0 Å². The summed E-state index contributed by atoms with van der Waals surface area (Å²) in [5, 5.41) is 12.3. The normalized spacial score (nSPS) is 20.0. The van der Waals surface area contributed by atoms with Crippen molar-refractivity contribution in [2.24, 2.45) is 0 Å². The highest BCUT2D eigenvalue weighted by molar-refractivity contribution is 6.70. The van der Waals surface area contributed by atoms with Crippen molar-refractivity contribution in [2.45, 2.75) is 76.7 Å². The van der Waals surface area contributed by atoms with Crippen LogP contribution in [0.25, 0.3) is 0 Å². The molecule has 3 atom stereocenters. The Kier molecular flexibility index (Phi) is 8.38. The predicted molar refractivity (Wildman–Crippen MR) is 106 cm³/mol. The molecule has 0 saturated carbocycles. The molecule has 1 aliphatic heterocycles. The molecule has 6 heteroatoms. The largest absolute Gasteiger partial charge is 0.461 e. The number of esters is 1. The first kappa shape index (κ1) is 21.0. The zero-order chi connectivity index (χ0) is 19.6. The molecule has 1 heterocycles. The number of rotatable bonds is 9. The smallest absolute Gasteiger partial charge is 0.306 e. The van der Waals surface area contributed by atoms with E-state index in [1.807, 2.05) is 37.3 Å². The second-order valence-corrected chi connectivity index (χ2v) is 7.67. The quantitative estimate of drug-likeness (QED) is 0.530. The Bertz CT molecular complexity index is 659.